The van der Waals surface area contributed by atoms with Gasteiger partial charge in [0.15, 0.2) is 5.75 Å². The molecule has 2 rings (SSSR count). The molecule has 0 fully saturated rings. The first-order chi connectivity index (χ1) is 6.22. The summed E-state index contributed by atoms with van der Waals surface area (Å²) in [7, 11) is 0. The number of fused-ring (bicyclic) bond motifs is 1. The van der Waals surface area contributed by atoms with Crippen LogP contribution < -0.4 is 0 Å². The van der Waals surface area contributed by atoms with Gasteiger partial charge < -0.3 is 5.11 Å². The highest BCUT2D eigenvalue weighted by Gasteiger charge is 2.08. The van der Waals surface area contributed by atoms with Gasteiger partial charge in [0.25, 0.3) is 0 Å². The smallest absolute Gasteiger partial charge is 0.151 e. The van der Waals surface area contributed by atoms with E-state index in [2.05, 4.69) is 22.6 Å². The van der Waals surface area contributed by atoms with Crippen LogP contribution in [0.5, 0.6) is 5.75 Å². The van der Waals surface area contributed by atoms with E-state index in [1.165, 1.54) is 11.3 Å². The monoisotopic (exact) mass is 301 g/mol. The minimum atomic E-state index is 0.105. The maximum Gasteiger partial charge on any atom is 0.151 e. The van der Waals surface area contributed by atoms with Crippen molar-refractivity contribution in [2.45, 2.75) is 0 Å². The summed E-state index contributed by atoms with van der Waals surface area (Å²) in [6, 6.07) is 7.43. The first-order valence-corrected chi connectivity index (χ1v) is 5.43. The van der Waals surface area contributed by atoms with Gasteiger partial charge in [-0.1, -0.05) is 6.07 Å². The number of thiophene rings is 1. The van der Waals surface area contributed by atoms with Crippen molar-refractivity contribution in [1.82, 2.24) is 0 Å². The molecule has 0 aliphatic rings. The lowest BCUT2D eigenvalue weighted by Gasteiger charge is -1.95. The molecule has 2 nitrogen and oxygen atoms in total. The molecular formula is C9H4INOS. The van der Waals surface area contributed by atoms with Gasteiger partial charge in [0, 0.05) is 0 Å². The van der Waals surface area contributed by atoms with E-state index in [0.29, 0.717) is 5.56 Å². The van der Waals surface area contributed by atoms with E-state index >= 15 is 0 Å². The maximum atomic E-state index is 9.65. The third-order valence-electron chi connectivity index (χ3n) is 1.75. The summed E-state index contributed by atoms with van der Waals surface area (Å²) >= 11 is 3.69. The molecule has 2 aromatic rings. The second-order valence-corrected chi connectivity index (χ2v) is 5.49. The highest BCUT2D eigenvalue weighted by atomic mass is 127. The van der Waals surface area contributed by atoms with Gasteiger partial charge in [0.05, 0.1) is 13.1 Å². The second kappa shape index (κ2) is 3.16. The van der Waals surface area contributed by atoms with E-state index in [1.54, 1.807) is 6.07 Å². The van der Waals surface area contributed by atoms with Crippen LogP contribution >= 0.6 is 33.9 Å². The number of aromatic hydroxyl groups is 1. The van der Waals surface area contributed by atoms with Gasteiger partial charge in [-0.15, -0.1) is 11.3 Å². The predicted octanol–water partition coefficient (Wildman–Crippen LogP) is 3.08. The van der Waals surface area contributed by atoms with E-state index in [9.17, 15) is 5.11 Å². The Hall–Kier alpha value is -0.800. The maximum absolute atomic E-state index is 9.65. The van der Waals surface area contributed by atoms with Crippen LogP contribution in [0.2, 0.25) is 0 Å². The first-order valence-electron chi connectivity index (χ1n) is 3.53. The van der Waals surface area contributed by atoms with E-state index in [4.69, 9.17) is 5.26 Å². The van der Waals surface area contributed by atoms with Gasteiger partial charge >= 0.3 is 0 Å². The van der Waals surface area contributed by atoms with E-state index < -0.39 is 0 Å². The molecule has 64 valence electrons. The summed E-state index contributed by atoms with van der Waals surface area (Å²) < 4.78 is 1.90. The van der Waals surface area contributed by atoms with Crippen molar-refractivity contribution in [1.29, 1.82) is 5.26 Å². The quantitative estimate of drug-likeness (QED) is 0.760. The first kappa shape index (κ1) is 8.78. The summed E-state index contributed by atoms with van der Waals surface area (Å²) in [5.41, 5.74) is 0.339. The summed E-state index contributed by atoms with van der Waals surface area (Å²) in [5, 5.41) is 19.3. The van der Waals surface area contributed by atoms with Crippen LogP contribution in [-0.4, -0.2) is 5.11 Å². The number of phenols is 1. The molecule has 0 radical (unpaired) electrons. The summed E-state index contributed by atoms with van der Waals surface area (Å²) in [4.78, 5) is 0. The minimum absolute atomic E-state index is 0.105. The fourth-order valence-electron chi connectivity index (χ4n) is 1.15. The fourth-order valence-corrected chi connectivity index (χ4v) is 2.98. The highest BCUT2D eigenvalue weighted by Crippen LogP contribution is 2.35. The molecule has 0 amide bonds. The number of phenolic OH excluding ortho intramolecular Hbond substituents is 1. The highest BCUT2D eigenvalue weighted by molar-refractivity contribution is 14.1. The largest absolute Gasteiger partial charge is 0.505 e. The lowest BCUT2D eigenvalue weighted by atomic mass is 10.2. The molecule has 0 saturated carbocycles. The van der Waals surface area contributed by atoms with Gasteiger partial charge in [-0.25, -0.2) is 0 Å². The van der Waals surface area contributed by atoms with Gasteiger partial charge in [0.2, 0.25) is 0 Å². The molecule has 0 spiro atoms. The Labute approximate surface area is 92.6 Å². The van der Waals surface area contributed by atoms with Gasteiger partial charge in [-0.3, -0.25) is 0 Å². The topological polar surface area (TPSA) is 44.0 Å². The Morgan fingerprint density at radius 2 is 2.23 bits per heavy atom. The zero-order valence-electron chi connectivity index (χ0n) is 6.41. The van der Waals surface area contributed by atoms with Crippen LogP contribution in [0.1, 0.15) is 5.56 Å². The Morgan fingerprint density at radius 1 is 1.46 bits per heavy atom. The summed E-state index contributed by atoms with van der Waals surface area (Å²) in [5.74, 6) is 0.105. The van der Waals surface area contributed by atoms with Crippen molar-refractivity contribution >= 4 is 44.0 Å². The third-order valence-corrected chi connectivity index (χ3v) is 3.67. The lowest BCUT2D eigenvalue weighted by molar-refractivity contribution is 0.481. The van der Waals surface area contributed by atoms with E-state index in [1.807, 2.05) is 18.2 Å². The zero-order chi connectivity index (χ0) is 9.42. The molecule has 13 heavy (non-hydrogen) atoms. The molecule has 1 N–H and O–H groups in total. The van der Waals surface area contributed by atoms with Crippen molar-refractivity contribution in [2.75, 3.05) is 0 Å². The fraction of sp³-hybridized carbons (Fsp3) is 0. The Bertz CT molecular complexity index is 512. The molecule has 0 unspecified atom stereocenters. The number of benzene rings is 1. The van der Waals surface area contributed by atoms with Gasteiger partial charge in [-0.2, -0.15) is 5.26 Å². The molecule has 1 aromatic carbocycles. The van der Waals surface area contributed by atoms with Crippen molar-refractivity contribution in [2.24, 2.45) is 0 Å². The molecule has 0 aliphatic heterocycles. The molecular weight excluding hydrogens is 297 g/mol. The Balaban J connectivity index is 2.87. The Morgan fingerprint density at radius 3 is 2.92 bits per heavy atom. The van der Waals surface area contributed by atoms with Crippen LogP contribution in [0, 0.1) is 14.2 Å². The average molecular weight is 301 g/mol. The molecule has 0 saturated heterocycles. The molecule has 1 aromatic heterocycles. The van der Waals surface area contributed by atoms with Crippen molar-refractivity contribution in [3.8, 4) is 11.8 Å². The summed E-state index contributed by atoms with van der Waals surface area (Å²) in [6.45, 7) is 0. The number of halogens is 1. The molecule has 0 aliphatic carbocycles. The molecule has 0 atom stereocenters. The van der Waals surface area contributed by atoms with E-state index in [0.717, 1.165) is 13.0 Å². The number of hydrogen-bond donors (Lipinski definition) is 1. The normalized spacial score (nSPS) is 10.2. The molecule has 1 heterocycles. The lowest BCUT2D eigenvalue weighted by Crippen LogP contribution is -1.74. The van der Waals surface area contributed by atoms with Crippen molar-refractivity contribution in [3.05, 3.63) is 26.6 Å². The number of nitriles is 1. The SMILES string of the molecule is N#Cc1ccc2cc(I)sc2c1O. The Kier molecular flexibility index (Phi) is 2.14. The van der Waals surface area contributed by atoms with E-state index in [-0.39, 0.29) is 5.75 Å². The third kappa shape index (κ3) is 1.38. The second-order valence-electron chi connectivity index (χ2n) is 2.54. The predicted molar refractivity (Wildman–Crippen MR) is 60.9 cm³/mol. The number of hydrogen-bond acceptors (Lipinski definition) is 3. The average Bonchev–Trinajstić information content (AvgIpc) is 2.47. The molecule has 0 bridgehead atoms. The summed E-state index contributed by atoms with van der Waals surface area (Å²) in [6.07, 6.45) is 0. The standard InChI is InChI=1S/C9H4INOS/c10-7-3-5-1-2-6(4-11)8(12)9(5)13-7/h1-3,12H. The van der Waals surface area contributed by atoms with Crippen LogP contribution in [-0.2, 0) is 0 Å². The van der Waals surface area contributed by atoms with Crippen LogP contribution in [0.4, 0.5) is 0 Å². The van der Waals surface area contributed by atoms with Gasteiger partial charge in [0.1, 0.15) is 6.07 Å². The van der Waals surface area contributed by atoms with Gasteiger partial charge in [-0.05, 0) is 40.1 Å². The van der Waals surface area contributed by atoms with Crippen molar-refractivity contribution in [3.63, 3.8) is 0 Å². The number of nitrogens with zero attached hydrogens (tertiary/aromatic N) is 1. The minimum Gasteiger partial charge on any atom is -0.505 e. The zero-order valence-corrected chi connectivity index (χ0v) is 9.39. The van der Waals surface area contributed by atoms with Crippen LogP contribution in [0.25, 0.3) is 10.1 Å². The number of rotatable bonds is 0. The van der Waals surface area contributed by atoms with Crippen LogP contribution in [0.3, 0.4) is 0 Å². The van der Waals surface area contributed by atoms with Crippen molar-refractivity contribution < 1.29 is 5.11 Å². The van der Waals surface area contributed by atoms with Crippen LogP contribution in [0.15, 0.2) is 18.2 Å². The molecule has 4 heteroatoms.